The summed E-state index contributed by atoms with van der Waals surface area (Å²) in [6, 6.07) is 14.9. The molecule has 27 heavy (non-hydrogen) atoms. The molecule has 1 aromatic heterocycles. The van der Waals surface area contributed by atoms with Gasteiger partial charge in [0.2, 0.25) is 0 Å². The average Bonchev–Trinajstić information content (AvgIpc) is 3.03. The van der Waals surface area contributed by atoms with Crippen molar-refractivity contribution in [1.29, 1.82) is 0 Å². The van der Waals surface area contributed by atoms with Gasteiger partial charge in [-0.2, -0.15) is 0 Å². The van der Waals surface area contributed by atoms with Crippen LogP contribution in [-0.4, -0.2) is 19.2 Å². The molecular weight excluding hydrogens is 401 g/mol. The molecule has 0 fully saturated rings. The largest absolute Gasteiger partial charge is 0.313 e. The summed E-state index contributed by atoms with van der Waals surface area (Å²) in [5.74, 6) is 0. The fourth-order valence-electron chi connectivity index (χ4n) is 3.70. The molecule has 0 atom stereocenters. The molecular formula is C21H19Cl2NO2S. The maximum Gasteiger partial charge on any atom is 0.175 e. The van der Waals surface area contributed by atoms with E-state index < -0.39 is 9.84 Å². The highest BCUT2D eigenvalue weighted by atomic mass is 35.5. The van der Waals surface area contributed by atoms with Crippen molar-refractivity contribution in [3.63, 3.8) is 0 Å². The Labute approximate surface area is 169 Å². The molecule has 3 aromatic rings. The number of nitrogens with zero attached hydrogens (tertiary/aromatic N) is 1. The van der Waals surface area contributed by atoms with E-state index in [1.807, 2.05) is 30.3 Å². The van der Waals surface area contributed by atoms with Crippen LogP contribution >= 0.6 is 23.2 Å². The third kappa shape index (κ3) is 3.54. The van der Waals surface area contributed by atoms with Crippen molar-refractivity contribution >= 4 is 33.0 Å². The van der Waals surface area contributed by atoms with Gasteiger partial charge in [0.05, 0.1) is 20.6 Å². The first-order valence-corrected chi connectivity index (χ1v) is 11.5. The van der Waals surface area contributed by atoms with Crippen LogP contribution in [-0.2, 0) is 22.7 Å². The summed E-state index contributed by atoms with van der Waals surface area (Å²) in [5.41, 5.74) is 5.62. The number of fused-ring (bicyclic) bond motifs is 1. The second-order valence-electron chi connectivity index (χ2n) is 6.94. The van der Waals surface area contributed by atoms with Gasteiger partial charge in [-0.25, -0.2) is 8.42 Å². The van der Waals surface area contributed by atoms with E-state index in [9.17, 15) is 8.42 Å². The van der Waals surface area contributed by atoms with E-state index in [-0.39, 0.29) is 0 Å². The highest BCUT2D eigenvalue weighted by molar-refractivity contribution is 7.90. The summed E-state index contributed by atoms with van der Waals surface area (Å²) in [6.07, 6.45) is 5.63. The van der Waals surface area contributed by atoms with Crippen LogP contribution in [0.2, 0.25) is 10.0 Å². The van der Waals surface area contributed by atoms with E-state index in [1.54, 1.807) is 12.1 Å². The van der Waals surface area contributed by atoms with E-state index >= 15 is 0 Å². The fourth-order valence-corrected chi connectivity index (χ4v) is 4.63. The van der Waals surface area contributed by atoms with E-state index in [4.69, 9.17) is 23.2 Å². The maximum atomic E-state index is 11.8. The third-order valence-corrected chi connectivity index (χ3v) is 6.91. The second-order valence-corrected chi connectivity index (χ2v) is 9.77. The van der Waals surface area contributed by atoms with Crippen molar-refractivity contribution < 1.29 is 8.42 Å². The molecule has 0 saturated carbocycles. The van der Waals surface area contributed by atoms with Crippen LogP contribution in [0.5, 0.6) is 0 Å². The van der Waals surface area contributed by atoms with Crippen molar-refractivity contribution in [2.75, 3.05) is 6.26 Å². The van der Waals surface area contributed by atoms with E-state index in [0.29, 0.717) is 14.9 Å². The lowest BCUT2D eigenvalue weighted by Crippen LogP contribution is -2.07. The zero-order chi connectivity index (χ0) is 19.2. The number of hydrogen-bond donors (Lipinski definition) is 0. The Hall–Kier alpha value is -1.75. The topological polar surface area (TPSA) is 39.1 Å². The van der Waals surface area contributed by atoms with Gasteiger partial charge in [-0.15, -0.1) is 0 Å². The lowest BCUT2D eigenvalue weighted by Gasteiger charge is -2.18. The van der Waals surface area contributed by atoms with Gasteiger partial charge in [0.25, 0.3) is 0 Å². The molecule has 0 unspecified atom stereocenters. The molecule has 2 aromatic carbocycles. The minimum Gasteiger partial charge on any atom is -0.313 e. The quantitative estimate of drug-likeness (QED) is 0.543. The van der Waals surface area contributed by atoms with Crippen LogP contribution in [0.3, 0.4) is 0 Å². The Kier molecular flexibility index (Phi) is 4.83. The molecule has 0 spiro atoms. The van der Waals surface area contributed by atoms with Gasteiger partial charge in [0.1, 0.15) is 0 Å². The summed E-state index contributed by atoms with van der Waals surface area (Å²) in [5, 5.41) is 1.05. The highest BCUT2D eigenvalue weighted by Gasteiger charge is 2.21. The van der Waals surface area contributed by atoms with Crippen molar-refractivity contribution in [2.45, 2.75) is 30.6 Å². The van der Waals surface area contributed by atoms with Gasteiger partial charge in [0, 0.05) is 17.6 Å². The number of hydrogen-bond acceptors (Lipinski definition) is 2. The van der Waals surface area contributed by atoms with Crippen LogP contribution in [0.15, 0.2) is 53.4 Å². The summed E-state index contributed by atoms with van der Waals surface area (Å²) < 4.78 is 25.8. The van der Waals surface area contributed by atoms with Crippen molar-refractivity contribution in [3.05, 3.63) is 69.8 Å². The molecule has 1 aliphatic rings. The first-order chi connectivity index (χ1) is 12.8. The molecule has 0 aliphatic heterocycles. The molecule has 0 bridgehead atoms. The van der Waals surface area contributed by atoms with Gasteiger partial charge >= 0.3 is 0 Å². The number of sulfone groups is 1. The zero-order valence-corrected chi connectivity index (χ0v) is 17.2. The molecule has 3 nitrogen and oxygen atoms in total. The number of halogens is 2. The monoisotopic (exact) mass is 419 g/mol. The van der Waals surface area contributed by atoms with Crippen LogP contribution in [0.1, 0.15) is 24.1 Å². The number of rotatable bonds is 3. The molecule has 0 radical (unpaired) electrons. The van der Waals surface area contributed by atoms with Gasteiger partial charge < -0.3 is 4.57 Å². The summed E-state index contributed by atoms with van der Waals surface area (Å²) in [4.78, 5) is 0.323. The van der Waals surface area contributed by atoms with Crippen LogP contribution in [0, 0.1) is 0 Å². The Morgan fingerprint density at radius 1 is 0.889 bits per heavy atom. The van der Waals surface area contributed by atoms with Gasteiger partial charge in [0.15, 0.2) is 9.84 Å². The van der Waals surface area contributed by atoms with E-state index in [0.717, 1.165) is 36.2 Å². The minimum atomic E-state index is -3.22. The molecule has 4 rings (SSSR count). The van der Waals surface area contributed by atoms with E-state index in [1.165, 1.54) is 23.9 Å². The number of aromatic nitrogens is 1. The maximum absolute atomic E-state index is 11.8. The first-order valence-electron chi connectivity index (χ1n) is 8.84. The van der Waals surface area contributed by atoms with Gasteiger partial charge in [-0.3, -0.25) is 0 Å². The highest BCUT2D eigenvalue weighted by Crippen LogP contribution is 2.35. The van der Waals surface area contributed by atoms with Gasteiger partial charge in [-0.1, -0.05) is 35.3 Å². The summed E-state index contributed by atoms with van der Waals surface area (Å²) >= 11 is 12.4. The van der Waals surface area contributed by atoms with E-state index in [2.05, 4.69) is 10.6 Å². The molecule has 0 N–H and O–H groups in total. The van der Waals surface area contributed by atoms with Crippen molar-refractivity contribution in [3.8, 4) is 16.9 Å². The fraction of sp³-hybridized carbons (Fsp3) is 0.238. The molecule has 1 heterocycles. The normalized spacial score (nSPS) is 14.2. The van der Waals surface area contributed by atoms with Gasteiger partial charge in [-0.05, 0) is 73.2 Å². The Morgan fingerprint density at radius 3 is 2.26 bits per heavy atom. The predicted molar refractivity (Wildman–Crippen MR) is 111 cm³/mol. The lowest BCUT2D eigenvalue weighted by atomic mass is 9.98. The summed E-state index contributed by atoms with van der Waals surface area (Å²) in [7, 11) is -3.22. The third-order valence-electron chi connectivity index (χ3n) is 5.04. The number of aryl methyl sites for hydroxylation is 1. The average molecular weight is 420 g/mol. The zero-order valence-electron chi connectivity index (χ0n) is 14.9. The SMILES string of the molecule is CS(=O)(=O)c1ccc(-c2cc3c(n2-c2ccc(Cl)c(Cl)c2)CCCC3)cc1. The van der Waals surface area contributed by atoms with Crippen LogP contribution in [0.25, 0.3) is 16.9 Å². The first kappa shape index (κ1) is 18.6. The molecule has 0 amide bonds. The smallest absolute Gasteiger partial charge is 0.175 e. The molecule has 1 aliphatic carbocycles. The Morgan fingerprint density at radius 2 is 1.59 bits per heavy atom. The Balaban J connectivity index is 1.90. The molecule has 140 valence electrons. The molecule has 0 saturated heterocycles. The van der Waals surface area contributed by atoms with Crippen molar-refractivity contribution in [2.24, 2.45) is 0 Å². The minimum absolute atomic E-state index is 0.323. The second kappa shape index (κ2) is 7.01. The molecule has 6 heteroatoms. The standard InChI is InChI=1S/C21H19Cl2NO2S/c1-27(25,26)17-9-6-14(7-10-17)21-12-15-4-2-3-5-20(15)24(21)16-8-11-18(22)19(23)13-16/h6-13H,2-5H2,1H3. The lowest BCUT2D eigenvalue weighted by molar-refractivity contribution is 0.602. The van der Waals surface area contributed by atoms with Crippen molar-refractivity contribution in [1.82, 2.24) is 4.57 Å². The Bertz CT molecular complexity index is 1120. The predicted octanol–water partition coefficient (Wildman–Crippen LogP) is 5.73. The summed E-state index contributed by atoms with van der Waals surface area (Å²) in [6.45, 7) is 0. The van der Waals surface area contributed by atoms with Crippen LogP contribution < -0.4 is 0 Å². The number of benzene rings is 2. The van der Waals surface area contributed by atoms with Crippen LogP contribution in [0.4, 0.5) is 0 Å².